The maximum Gasteiger partial charge on any atom is 0.407 e. The largest absolute Gasteiger partial charge is 0.449 e. The molecule has 2 aliphatic rings. The molecule has 0 bridgehead atoms. The second-order valence-corrected chi connectivity index (χ2v) is 15.9. The zero-order chi connectivity index (χ0) is 49.0. The number of rotatable bonds is 24. The number of ether oxygens (including phenoxy) is 3. The lowest BCUT2D eigenvalue weighted by atomic mass is 9.95. The molecular formula is C47H57N7O14. The van der Waals surface area contributed by atoms with Gasteiger partial charge in [0.15, 0.2) is 0 Å². The minimum atomic E-state index is -1.66. The summed E-state index contributed by atoms with van der Waals surface area (Å²) in [6.07, 6.45) is -3.36. The predicted molar refractivity (Wildman–Crippen MR) is 242 cm³/mol. The Morgan fingerprint density at radius 3 is 1.90 bits per heavy atom. The summed E-state index contributed by atoms with van der Waals surface area (Å²) in [5.74, 6) is -2.28. The van der Waals surface area contributed by atoms with Crippen molar-refractivity contribution in [3.05, 3.63) is 95.6 Å². The van der Waals surface area contributed by atoms with Crippen molar-refractivity contribution in [3.63, 3.8) is 0 Å². The van der Waals surface area contributed by atoms with Crippen LogP contribution < -0.4 is 37.2 Å². The van der Waals surface area contributed by atoms with E-state index >= 15 is 0 Å². The van der Waals surface area contributed by atoms with Crippen LogP contribution in [0.25, 0.3) is 11.1 Å². The average Bonchev–Trinajstić information content (AvgIpc) is 3.67. The van der Waals surface area contributed by atoms with Gasteiger partial charge in [-0.3, -0.25) is 28.8 Å². The van der Waals surface area contributed by atoms with Crippen LogP contribution in [0.5, 0.6) is 0 Å². The Morgan fingerprint density at radius 2 is 1.25 bits per heavy atom. The number of hydrogen-bond acceptors (Lipinski definition) is 14. The fourth-order valence-electron chi connectivity index (χ4n) is 7.50. The van der Waals surface area contributed by atoms with E-state index in [-0.39, 0.29) is 51.7 Å². The summed E-state index contributed by atoms with van der Waals surface area (Å²) in [5.41, 5.74) is 4.57. The molecule has 5 rings (SSSR count). The molecule has 68 heavy (non-hydrogen) atoms. The number of alkyl carbamates (subject to hydrolysis) is 1. The van der Waals surface area contributed by atoms with E-state index in [2.05, 4.69) is 43.1 Å². The van der Waals surface area contributed by atoms with Crippen LogP contribution in [0.15, 0.2) is 78.9 Å². The molecule has 11 N–H and O–H groups in total. The van der Waals surface area contributed by atoms with Crippen molar-refractivity contribution in [1.82, 2.24) is 37.2 Å². The van der Waals surface area contributed by atoms with E-state index < -0.39 is 110 Å². The standard InChI is InChI=1S/C47H57N7O14/c1-2-3-19-66-27-52-40(58)23-51-46(64)35(20-28-11-5-4-6-12-28)53-41(59)24-49-39(57)22-50-45(63)34(17-18-38(56)48-21-36-42(60)44(62)43(61)37(25-55)68-36)54-47(65)67-26-33-31-15-9-7-13-29(31)30-14-8-10-16-32(30)33/h1,4-16,33-37,42-44,55,60-62H,3,17-27H2,(H,48,56)(H,49,57)(H,50,63)(H,51,64)(H,52,58)(H,53,59)(H,54,65)/t34-,35-,36-,37+,42-,43+,44+/m0/s1. The van der Waals surface area contributed by atoms with Crippen molar-refractivity contribution in [2.75, 3.05) is 52.7 Å². The first-order valence-electron chi connectivity index (χ1n) is 21.9. The summed E-state index contributed by atoms with van der Waals surface area (Å²) < 4.78 is 16.2. The first-order valence-corrected chi connectivity index (χ1v) is 21.9. The van der Waals surface area contributed by atoms with Gasteiger partial charge in [0, 0.05) is 31.7 Å². The van der Waals surface area contributed by atoms with Gasteiger partial charge in [0.1, 0.15) is 55.9 Å². The minimum absolute atomic E-state index is 0.0447. The first-order chi connectivity index (χ1) is 32.8. The van der Waals surface area contributed by atoms with Crippen molar-refractivity contribution >= 4 is 41.5 Å². The molecule has 3 aromatic rings. The molecule has 1 aliphatic carbocycles. The molecule has 21 heteroatoms. The van der Waals surface area contributed by atoms with Gasteiger partial charge >= 0.3 is 6.09 Å². The van der Waals surface area contributed by atoms with E-state index in [9.17, 15) is 54.0 Å². The maximum absolute atomic E-state index is 13.5. The fourth-order valence-corrected chi connectivity index (χ4v) is 7.50. The Balaban J connectivity index is 1.15. The summed E-state index contributed by atoms with van der Waals surface area (Å²) in [6.45, 7) is -2.69. The first kappa shape index (κ1) is 52.0. The van der Waals surface area contributed by atoms with E-state index in [0.29, 0.717) is 12.0 Å². The number of aliphatic hydroxyl groups is 4. The number of amides is 7. The van der Waals surface area contributed by atoms with Gasteiger partial charge in [0.05, 0.1) is 32.8 Å². The Bertz CT molecular complexity index is 2210. The lowest BCUT2D eigenvalue weighted by Crippen LogP contribution is -2.60. The Kier molecular flexibility index (Phi) is 20.2. The molecular weight excluding hydrogens is 887 g/mol. The lowest BCUT2D eigenvalue weighted by Gasteiger charge is -2.40. The monoisotopic (exact) mass is 943 g/mol. The lowest BCUT2D eigenvalue weighted by molar-refractivity contribution is -0.227. The topological polar surface area (TPSA) is 312 Å². The smallest absolute Gasteiger partial charge is 0.407 e. The van der Waals surface area contributed by atoms with Crippen LogP contribution in [0.3, 0.4) is 0 Å². The number of carbonyl (C=O) groups is 7. The quantitative estimate of drug-likeness (QED) is 0.0259. The average molecular weight is 944 g/mol. The third-order valence-corrected chi connectivity index (χ3v) is 11.1. The summed E-state index contributed by atoms with van der Waals surface area (Å²) in [7, 11) is 0. The third-order valence-electron chi connectivity index (χ3n) is 11.1. The van der Waals surface area contributed by atoms with Gasteiger partial charge in [-0.25, -0.2) is 4.79 Å². The van der Waals surface area contributed by atoms with Gasteiger partial charge in [-0.15, -0.1) is 12.3 Å². The van der Waals surface area contributed by atoms with Crippen molar-refractivity contribution in [3.8, 4) is 23.5 Å². The highest BCUT2D eigenvalue weighted by Crippen LogP contribution is 2.44. The van der Waals surface area contributed by atoms with Gasteiger partial charge in [-0.1, -0.05) is 78.9 Å². The van der Waals surface area contributed by atoms with Gasteiger partial charge in [-0.2, -0.15) is 0 Å². The second-order valence-electron chi connectivity index (χ2n) is 15.9. The predicted octanol–water partition coefficient (Wildman–Crippen LogP) is -2.18. The number of carbonyl (C=O) groups excluding carboxylic acids is 7. The molecule has 0 saturated carbocycles. The molecule has 0 radical (unpaired) electrons. The Hall–Kier alpha value is -6.93. The van der Waals surface area contributed by atoms with Gasteiger partial charge < -0.3 is 71.9 Å². The number of terminal acetylenes is 1. The van der Waals surface area contributed by atoms with E-state index in [0.717, 1.165) is 22.3 Å². The summed E-state index contributed by atoms with van der Waals surface area (Å²) in [5, 5.41) is 57.2. The Labute approximate surface area is 392 Å². The van der Waals surface area contributed by atoms with Crippen molar-refractivity contribution in [2.45, 2.75) is 74.2 Å². The maximum atomic E-state index is 13.5. The molecule has 0 aromatic heterocycles. The number of hydrogen-bond donors (Lipinski definition) is 11. The van der Waals surface area contributed by atoms with Gasteiger partial charge in [-0.05, 0) is 34.2 Å². The van der Waals surface area contributed by atoms with Crippen LogP contribution in [-0.2, 0) is 49.4 Å². The number of benzene rings is 3. The molecule has 3 aromatic carbocycles. The molecule has 1 fully saturated rings. The minimum Gasteiger partial charge on any atom is -0.449 e. The summed E-state index contributed by atoms with van der Waals surface area (Å²) in [4.78, 5) is 91.0. The van der Waals surface area contributed by atoms with E-state index in [1.54, 1.807) is 30.3 Å². The number of nitrogens with one attached hydrogen (secondary N) is 7. The van der Waals surface area contributed by atoms with Crippen molar-refractivity contribution in [1.29, 1.82) is 0 Å². The van der Waals surface area contributed by atoms with Crippen LogP contribution >= 0.6 is 0 Å². The molecule has 7 atom stereocenters. The molecule has 1 aliphatic heterocycles. The van der Waals surface area contributed by atoms with Gasteiger partial charge in [0.25, 0.3) is 0 Å². The van der Waals surface area contributed by atoms with Crippen molar-refractivity contribution < 1.29 is 68.2 Å². The third kappa shape index (κ3) is 15.3. The van der Waals surface area contributed by atoms with E-state index in [4.69, 9.17) is 20.6 Å². The Morgan fingerprint density at radius 1 is 0.662 bits per heavy atom. The van der Waals surface area contributed by atoms with Gasteiger partial charge in [0.2, 0.25) is 35.4 Å². The molecule has 7 amide bonds. The van der Waals surface area contributed by atoms with Crippen molar-refractivity contribution in [2.24, 2.45) is 0 Å². The molecule has 1 saturated heterocycles. The highest BCUT2D eigenvalue weighted by molar-refractivity contribution is 5.93. The fraction of sp³-hybridized carbons (Fsp3) is 0.426. The van der Waals surface area contributed by atoms with Crippen LogP contribution in [-0.4, -0.2) is 157 Å². The van der Waals surface area contributed by atoms with Crippen LogP contribution in [0.1, 0.15) is 41.9 Å². The SMILES string of the molecule is C#CCCOCNC(=O)CNC(=O)[C@H](Cc1ccccc1)NC(=O)CNC(=O)CNC(=O)[C@H](CCC(=O)NC[C@@H]1O[C@H](CO)[C@@H](O)[C@H](O)[C@H]1O)NC(=O)OCC1c2ccccc2-c2ccccc21. The molecule has 0 spiro atoms. The molecule has 0 unspecified atom stereocenters. The van der Waals surface area contributed by atoms with Crippen LogP contribution in [0.4, 0.5) is 4.79 Å². The summed E-state index contributed by atoms with van der Waals surface area (Å²) in [6, 6.07) is 21.5. The highest BCUT2D eigenvalue weighted by Gasteiger charge is 2.43. The summed E-state index contributed by atoms with van der Waals surface area (Å²) >= 11 is 0. The molecule has 364 valence electrons. The van der Waals surface area contributed by atoms with Crippen LogP contribution in [0, 0.1) is 12.3 Å². The van der Waals surface area contributed by atoms with Crippen LogP contribution in [0.2, 0.25) is 0 Å². The normalized spacial score (nSPS) is 19.1. The van der Waals surface area contributed by atoms with E-state index in [1.807, 2.05) is 48.5 Å². The molecule has 21 nitrogen and oxygen atoms in total. The zero-order valence-corrected chi connectivity index (χ0v) is 37.1. The molecule has 1 heterocycles. The number of aliphatic hydroxyl groups excluding tert-OH is 4. The number of fused-ring (bicyclic) bond motifs is 3. The highest BCUT2D eigenvalue weighted by atomic mass is 16.6. The zero-order valence-electron chi connectivity index (χ0n) is 37.1. The second kappa shape index (κ2) is 26.4. The van der Waals surface area contributed by atoms with E-state index in [1.165, 1.54) is 0 Å².